The summed E-state index contributed by atoms with van der Waals surface area (Å²) in [5, 5.41) is 7.37. The Morgan fingerprint density at radius 3 is 2.90 bits per heavy atom. The van der Waals surface area contributed by atoms with Crippen LogP contribution in [0.5, 0.6) is 11.5 Å². The summed E-state index contributed by atoms with van der Waals surface area (Å²) >= 11 is 0. The van der Waals surface area contributed by atoms with Crippen LogP contribution < -0.4 is 19.7 Å². The largest absolute Gasteiger partial charge is 0.497 e. The van der Waals surface area contributed by atoms with Crippen LogP contribution in [0.1, 0.15) is 31.9 Å². The predicted octanol–water partition coefficient (Wildman–Crippen LogP) is 2.95. The van der Waals surface area contributed by atoms with Gasteiger partial charge in [0.15, 0.2) is 0 Å². The number of ether oxygens (including phenoxy) is 2. The quantitative estimate of drug-likeness (QED) is 0.623. The van der Waals surface area contributed by atoms with Crippen LogP contribution in [-0.2, 0) is 11.2 Å². The zero-order valence-corrected chi connectivity index (χ0v) is 18.2. The minimum atomic E-state index is -0.151. The van der Waals surface area contributed by atoms with Gasteiger partial charge in [-0.25, -0.2) is 4.98 Å². The standard InChI is InChI=1S/C22H28N6O3/c1-4-6-16-11-20(28-22(25-16)23-14-24-28)27-10-5-7-15(13-27)21(29)26-18-9-8-17(30-2)12-19(18)31-3/h8-9,11-12,14-15H,4-7,10,13H2,1-3H3,(H,26,29)/t15-/m1/s1. The Balaban J connectivity index is 1.53. The minimum Gasteiger partial charge on any atom is -0.497 e. The fraction of sp³-hybridized carbons (Fsp3) is 0.455. The molecule has 4 rings (SSSR count). The van der Waals surface area contributed by atoms with Gasteiger partial charge in [0.2, 0.25) is 5.91 Å². The molecular weight excluding hydrogens is 396 g/mol. The van der Waals surface area contributed by atoms with Crippen LogP contribution in [-0.4, -0.2) is 52.8 Å². The van der Waals surface area contributed by atoms with Gasteiger partial charge in [-0.3, -0.25) is 4.79 Å². The molecule has 1 aliphatic heterocycles. The molecule has 3 aromatic rings. The van der Waals surface area contributed by atoms with E-state index in [1.165, 1.54) is 6.33 Å². The van der Waals surface area contributed by atoms with E-state index in [9.17, 15) is 4.79 Å². The van der Waals surface area contributed by atoms with Crippen molar-refractivity contribution in [1.29, 1.82) is 0 Å². The number of rotatable bonds is 7. The first-order valence-corrected chi connectivity index (χ1v) is 10.6. The summed E-state index contributed by atoms with van der Waals surface area (Å²) in [7, 11) is 3.17. The number of anilines is 2. The molecule has 3 heterocycles. The molecule has 0 saturated carbocycles. The van der Waals surface area contributed by atoms with Crippen molar-refractivity contribution in [3.8, 4) is 11.5 Å². The van der Waals surface area contributed by atoms with Crippen molar-refractivity contribution < 1.29 is 14.3 Å². The smallest absolute Gasteiger partial charge is 0.254 e. The number of amides is 1. The fourth-order valence-corrected chi connectivity index (χ4v) is 3.99. The van der Waals surface area contributed by atoms with E-state index >= 15 is 0 Å². The maximum atomic E-state index is 13.1. The van der Waals surface area contributed by atoms with E-state index in [0.717, 1.165) is 43.7 Å². The molecule has 1 saturated heterocycles. The number of fused-ring (bicyclic) bond motifs is 1. The van der Waals surface area contributed by atoms with Crippen LogP contribution in [0.15, 0.2) is 30.6 Å². The second kappa shape index (κ2) is 9.20. The lowest BCUT2D eigenvalue weighted by Gasteiger charge is -2.33. The molecule has 0 bridgehead atoms. The second-order valence-corrected chi connectivity index (χ2v) is 7.67. The molecule has 0 radical (unpaired) electrons. The Bertz CT molecular complexity index is 1070. The van der Waals surface area contributed by atoms with Gasteiger partial charge in [0, 0.05) is 30.9 Å². The maximum absolute atomic E-state index is 13.1. The van der Waals surface area contributed by atoms with Gasteiger partial charge < -0.3 is 19.7 Å². The van der Waals surface area contributed by atoms with Crippen LogP contribution in [0, 0.1) is 5.92 Å². The summed E-state index contributed by atoms with van der Waals surface area (Å²) in [5.74, 6) is 2.60. The molecule has 31 heavy (non-hydrogen) atoms. The second-order valence-electron chi connectivity index (χ2n) is 7.67. The van der Waals surface area contributed by atoms with E-state index in [1.807, 2.05) is 0 Å². The van der Waals surface area contributed by atoms with Crippen LogP contribution in [0.2, 0.25) is 0 Å². The van der Waals surface area contributed by atoms with Crippen molar-refractivity contribution in [2.75, 3.05) is 37.5 Å². The molecular formula is C22H28N6O3. The van der Waals surface area contributed by atoms with Gasteiger partial charge in [-0.15, -0.1) is 0 Å². The highest BCUT2D eigenvalue weighted by molar-refractivity contribution is 5.94. The van der Waals surface area contributed by atoms with E-state index in [2.05, 4.69) is 38.3 Å². The highest BCUT2D eigenvalue weighted by atomic mass is 16.5. The summed E-state index contributed by atoms with van der Waals surface area (Å²) in [6.07, 6.45) is 5.15. The van der Waals surface area contributed by atoms with Gasteiger partial charge in [0.05, 0.1) is 25.8 Å². The highest BCUT2D eigenvalue weighted by Crippen LogP contribution is 2.31. The van der Waals surface area contributed by atoms with E-state index in [1.54, 1.807) is 36.9 Å². The van der Waals surface area contributed by atoms with Crippen molar-refractivity contribution >= 4 is 23.2 Å². The Hall–Kier alpha value is -3.36. The molecule has 1 N–H and O–H groups in total. The predicted molar refractivity (Wildman–Crippen MR) is 118 cm³/mol. The number of carbonyl (C=O) groups excluding carboxylic acids is 1. The summed E-state index contributed by atoms with van der Waals surface area (Å²) in [5.41, 5.74) is 1.63. The molecule has 9 nitrogen and oxygen atoms in total. The van der Waals surface area contributed by atoms with Crippen LogP contribution >= 0.6 is 0 Å². The van der Waals surface area contributed by atoms with Gasteiger partial charge in [-0.2, -0.15) is 14.6 Å². The summed E-state index contributed by atoms with van der Waals surface area (Å²) in [6, 6.07) is 7.43. The van der Waals surface area contributed by atoms with Crippen molar-refractivity contribution in [3.05, 3.63) is 36.3 Å². The van der Waals surface area contributed by atoms with Gasteiger partial charge in [-0.1, -0.05) is 13.3 Å². The van der Waals surface area contributed by atoms with E-state index in [-0.39, 0.29) is 11.8 Å². The number of benzene rings is 1. The van der Waals surface area contributed by atoms with Crippen LogP contribution in [0.3, 0.4) is 0 Å². The van der Waals surface area contributed by atoms with Crippen molar-refractivity contribution in [1.82, 2.24) is 19.6 Å². The van der Waals surface area contributed by atoms with Crippen LogP contribution in [0.4, 0.5) is 11.5 Å². The zero-order chi connectivity index (χ0) is 21.8. The third-order valence-corrected chi connectivity index (χ3v) is 5.57. The topological polar surface area (TPSA) is 93.9 Å². The zero-order valence-electron chi connectivity index (χ0n) is 18.2. The van der Waals surface area contributed by atoms with Gasteiger partial charge in [0.1, 0.15) is 23.6 Å². The first-order chi connectivity index (χ1) is 15.1. The van der Waals surface area contributed by atoms with E-state index < -0.39 is 0 Å². The van der Waals surface area contributed by atoms with Crippen molar-refractivity contribution in [3.63, 3.8) is 0 Å². The van der Waals surface area contributed by atoms with Gasteiger partial charge in [0.25, 0.3) is 5.78 Å². The normalized spacial score (nSPS) is 16.4. The average molecular weight is 425 g/mol. The Labute approximate surface area is 181 Å². The molecule has 164 valence electrons. The number of aromatic nitrogens is 4. The van der Waals surface area contributed by atoms with E-state index in [4.69, 9.17) is 9.47 Å². The molecule has 0 unspecified atom stereocenters. The summed E-state index contributed by atoms with van der Waals surface area (Å²) < 4.78 is 12.4. The first kappa shape index (κ1) is 20.9. The number of piperidine rings is 1. The van der Waals surface area contributed by atoms with Crippen molar-refractivity contribution in [2.24, 2.45) is 5.92 Å². The SMILES string of the molecule is CCCc1cc(N2CCC[C@@H](C(=O)Nc3ccc(OC)cc3OC)C2)n2ncnc2n1. The molecule has 9 heteroatoms. The molecule has 0 aliphatic carbocycles. The lowest BCUT2D eigenvalue weighted by molar-refractivity contribution is -0.120. The third-order valence-electron chi connectivity index (χ3n) is 5.57. The number of nitrogens with zero attached hydrogens (tertiary/aromatic N) is 5. The van der Waals surface area contributed by atoms with Crippen molar-refractivity contribution in [2.45, 2.75) is 32.6 Å². The Kier molecular flexibility index (Phi) is 6.20. The Morgan fingerprint density at radius 2 is 2.13 bits per heavy atom. The number of nitrogens with one attached hydrogen (secondary N) is 1. The third kappa shape index (κ3) is 4.40. The first-order valence-electron chi connectivity index (χ1n) is 10.6. The number of hydrogen-bond donors (Lipinski definition) is 1. The fourth-order valence-electron chi connectivity index (χ4n) is 3.99. The number of methoxy groups -OCH3 is 2. The number of hydrogen-bond acceptors (Lipinski definition) is 7. The maximum Gasteiger partial charge on any atom is 0.254 e. The van der Waals surface area contributed by atoms with Gasteiger partial charge >= 0.3 is 0 Å². The lowest BCUT2D eigenvalue weighted by Crippen LogP contribution is -2.41. The number of carbonyl (C=O) groups is 1. The number of aryl methyl sites for hydroxylation is 1. The Morgan fingerprint density at radius 1 is 1.26 bits per heavy atom. The lowest BCUT2D eigenvalue weighted by atomic mass is 9.97. The summed E-state index contributed by atoms with van der Waals surface area (Å²) in [4.78, 5) is 24.1. The van der Waals surface area contributed by atoms with Gasteiger partial charge in [-0.05, 0) is 31.4 Å². The molecule has 1 fully saturated rings. The molecule has 1 atom stereocenters. The minimum absolute atomic E-state index is 0.0224. The molecule has 1 aromatic carbocycles. The average Bonchev–Trinajstić information content (AvgIpc) is 3.27. The summed E-state index contributed by atoms with van der Waals surface area (Å²) in [6.45, 7) is 3.60. The molecule has 0 spiro atoms. The van der Waals surface area contributed by atoms with E-state index in [0.29, 0.717) is 29.5 Å². The molecule has 1 aliphatic rings. The molecule has 1 amide bonds. The monoisotopic (exact) mass is 424 g/mol. The highest BCUT2D eigenvalue weighted by Gasteiger charge is 2.28. The molecule has 2 aromatic heterocycles. The van der Waals surface area contributed by atoms with Crippen LogP contribution in [0.25, 0.3) is 5.78 Å².